The average Bonchev–Trinajstić information content (AvgIpc) is 2.49. The maximum absolute atomic E-state index is 12.1. The zero-order chi connectivity index (χ0) is 16.9. The molecule has 2 rings (SSSR count). The minimum absolute atomic E-state index is 0.0171. The summed E-state index contributed by atoms with van der Waals surface area (Å²) in [6.07, 6.45) is 0. The predicted molar refractivity (Wildman–Crippen MR) is 93.2 cm³/mol. The van der Waals surface area contributed by atoms with Crippen LogP contribution in [0.4, 0.5) is 0 Å². The Morgan fingerprint density at radius 2 is 1.61 bits per heavy atom. The summed E-state index contributed by atoms with van der Waals surface area (Å²) in [5, 5.41) is 0. The standard InChI is InChI=1S/C18H23NO3S/c1-14-5-8-17(9-6-14)13-23(20,21)19-10-11-22-18-12-15(2)4-7-16(18)3/h4-9,12,19H,10-11,13H2,1-3H3. The highest BCUT2D eigenvalue weighted by Gasteiger charge is 2.11. The quantitative estimate of drug-likeness (QED) is 0.792. The molecule has 23 heavy (non-hydrogen) atoms. The summed E-state index contributed by atoms with van der Waals surface area (Å²) in [5.74, 6) is 0.777. The van der Waals surface area contributed by atoms with E-state index in [1.807, 2.05) is 63.2 Å². The van der Waals surface area contributed by atoms with E-state index >= 15 is 0 Å². The third-order valence-electron chi connectivity index (χ3n) is 3.50. The van der Waals surface area contributed by atoms with Gasteiger partial charge in [0.2, 0.25) is 10.0 Å². The van der Waals surface area contributed by atoms with Crippen LogP contribution in [0, 0.1) is 20.8 Å². The summed E-state index contributed by atoms with van der Waals surface area (Å²) >= 11 is 0. The van der Waals surface area contributed by atoms with Crippen LogP contribution >= 0.6 is 0 Å². The fraction of sp³-hybridized carbons (Fsp3) is 0.333. The van der Waals surface area contributed by atoms with Crippen LogP contribution in [-0.4, -0.2) is 21.6 Å². The van der Waals surface area contributed by atoms with Crippen molar-refractivity contribution < 1.29 is 13.2 Å². The SMILES string of the molecule is Cc1ccc(CS(=O)(=O)NCCOc2cc(C)ccc2C)cc1. The highest BCUT2D eigenvalue weighted by Crippen LogP contribution is 2.18. The van der Waals surface area contributed by atoms with Gasteiger partial charge in [-0.05, 0) is 43.5 Å². The molecule has 0 saturated carbocycles. The third-order valence-corrected chi connectivity index (χ3v) is 4.86. The fourth-order valence-electron chi connectivity index (χ4n) is 2.18. The molecule has 2 aromatic rings. The van der Waals surface area contributed by atoms with Crippen molar-refractivity contribution in [1.29, 1.82) is 0 Å². The van der Waals surface area contributed by atoms with Crippen LogP contribution < -0.4 is 9.46 Å². The van der Waals surface area contributed by atoms with Gasteiger partial charge in [0.15, 0.2) is 0 Å². The number of rotatable bonds is 7. The molecule has 124 valence electrons. The molecule has 0 atom stereocenters. The summed E-state index contributed by atoms with van der Waals surface area (Å²) in [5.41, 5.74) is 4.04. The van der Waals surface area contributed by atoms with E-state index in [0.29, 0.717) is 6.61 Å². The minimum Gasteiger partial charge on any atom is -0.492 e. The van der Waals surface area contributed by atoms with E-state index < -0.39 is 10.0 Å². The second-order valence-electron chi connectivity index (χ2n) is 5.76. The normalized spacial score (nSPS) is 11.4. The first-order chi connectivity index (χ1) is 10.9. The van der Waals surface area contributed by atoms with Crippen molar-refractivity contribution in [2.24, 2.45) is 0 Å². The monoisotopic (exact) mass is 333 g/mol. The number of hydrogen-bond donors (Lipinski definition) is 1. The van der Waals surface area contributed by atoms with Crippen LogP contribution in [0.1, 0.15) is 22.3 Å². The lowest BCUT2D eigenvalue weighted by Crippen LogP contribution is -2.29. The number of hydrogen-bond acceptors (Lipinski definition) is 3. The second kappa shape index (κ2) is 7.62. The molecule has 0 bridgehead atoms. The molecule has 1 N–H and O–H groups in total. The Hall–Kier alpha value is -1.85. The molecule has 0 aromatic heterocycles. The molecule has 0 aliphatic rings. The topological polar surface area (TPSA) is 55.4 Å². The Labute approximate surface area is 138 Å². The Morgan fingerprint density at radius 3 is 2.30 bits per heavy atom. The Morgan fingerprint density at radius 1 is 0.957 bits per heavy atom. The molecule has 0 radical (unpaired) electrons. The van der Waals surface area contributed by atoms with Gasteiger partial charge < -0.3 is 4.74 Å². The predicted octanol–water partition coefficient (Wildman–Crippen LogP) is 3.11. The molecule has 0 unspecified atom stereocenters. The number of aryl methyl sites for hydroxylation is 3. The lowest BCUT2D eigenvalue weighted by atomic mass is 10.1. The first-order valence-electron chi connectivity index (χ1n) is 7.59. The molecule has 0 amide bonds. The molecule has 0 aliphatic heterocycles. The number of sulfonamides is 1. The molecule has 0 fully saturated rings. The zero-order valence-electron chi connectivity index (χ0n) is 13.8. The maximum atomic E-state index is 12.1. The van der Waals surface area contributed by atoms with Gasteiger partial charge in [-0.15, -0.1) is 0 Å². The van der Waals surface area contributed by atoms with Gasteiger partial charge in [0, 0.05) is 6.54 Å². The van der Waals surface area contributed by atoms with Crippen LogP contribution in [0.3, 0.4) is 0 Å². The molecule has 0 saturated heterocycles. The molecule has 4 nitrogen and oxygen atoms in total. The van der Waals surface area contributed by atoms with Crippen LogP contribution in [0.15, 0.2) is 42.5 Å². The second-order valence-corrected chi connectivity index (χ2v) is 7.56. The van der Waals surface area contributed by atoms with Crippen molar-refractivity contribution in [2.75, 3.05) is 13.2 Å². The summed E-state index contributed by atoms with van der Waals surface area (Å²) in [6, 6.07) is 13.5. The van der Waals surface area contributed by atoms with Crippen molar-refractivity contribution in [3.05, 3.63) is 64.7 Å². The van der Waals surface area contributed by atoms with Gasteiger partial charge >= 0.3 is 0 Å². The Kier molecular flexibility index (Phi) is 5.80. The Bertz CT molecular complexity index is 752. The molecule has 0 aliphatic carbocycles. The lowest BCUT2D eigenvalue weighted by Gasteiger charge is -2.11. The van der Waals surface area contributed by atoms with Gasteiger partial charge in [0.05, 0.1) is 5.75 Å². The van der Waals surface area contributed by atoms with Crippen molar-refractivity contribution in [3.8, 4) is 5.75 Å². The van der Waals surface area contributed by atoms with Gasteiger partial charge in [-0.3, -0.25) is 0 Å². The van der Waals surface area contributed by atoms with Crippen molar-refractivity contribution >= 4 is 10.0 Å². The van der Waals surface area contributed by atoms with Crippen LogP contribution in [0.5, 0.6) is 5.75 Å². The summed E-state index contributed by atoms with van der Waals surface area (Å²) in [6.45, 7) is 6.49. The van der Waals surface area contributed by atoms with Gasteiger partial charge in [-0.2, -0.15) is 0 Å². The maximum Gasteiger partial charge on any atom is 0.215 e. The lowest BCUT2D eigenvalue weighted by molar-refractivity contribution is 0.320. The van der Waals surface area contributed by atoms with E-state index in [2.05, 4.69) is 4.72 Å². The number of ether oxygens (including phenoxy) is 1. The van der Waals surface area contributed by atoms with E-state index in [0.717, 1.165) is 28.0 Å². The minimum atomic E-state index is -3.35. The first-order valence-corrected chi connectivity index (χ1v) is 9.24. The largest absolute Gasteiger partial charge is 0.492 e. The summed E-state index contributed by atoms with van der Waals surface area (Å²) in [7, 11) is -3.35. The molecule has 5 heteroatoms. The summed E-state index contributed by atoms with van der Waals surface area (Å²) in [4.78, 5) is 0. The number of nitrogens with one attached hydrogen (secondary N) is 1. The average molecular weight is 333 g/mol. The van der Waals surface area contributed by atoms with Crippen LogP contribution in [0.2, 0.25) is 0 Å². The highest BCUT2D eigenvalue weighted by molar-refractivity contribution is 7.88. The molecule has 2 aromatic carbocycles. The summed E-state index contributed by atoms with van der Waals surface area (Å²) < 4.78 is 32.3. The molecule has 0 spiro atoms. The van der Waals surface area contributed by atoms with E-state index in [1.54, 1.807) is 0 Å². The molecule has 0 heterocycles. The molecular weight excluding hydrogens is 310 g/mol. The van der Waals surface area contributed by atoms with E-state index in [1.165, 1.54) is 0 Å². The van der Waals surface area contributed by atoms with E-state index in [-0.39, 0.29) is 12.3 Å². The van der Waals surface area contributed by atoms with Crippen molar-refractivity contribution in [3.63, 3.8) is 0 Å². The van der Waals surface area contributed by atoms with Crippen molar-refractivity contribution in [1.82, 2.24) is 4.72 Å². The Balaban J connectivity index is 1.83. The van der Waals surface area contributed by atoms with Crippen molar-refractivity contribution in [2.45, 2.75) is 26.5 Å². The van der Waals surface area contributed by atoms with Crippen LogP contribution in [0.25, 0.3) is 0 Å². The molecular formula is C18H23NO3S. The van der Waals surface area contributed by atoms with Crippen LogP contribution in [-0.2, 0) is 15.8 Å². The number of benzene rings is 2. The zero-order valence-corrected chi connectivity index (χ0v) is 14.6. The highest BCUT2D eigenvalue weighted by atomic mass is 32.2. The first kappa shape index (κ1) is 17.5. The van der Waals surface area contributed by atoms with E-state index in [9.17, 15) is 8.42 Å². The van der Waals surface area contributed by atoms with Gasteiger partial charge in [-0.25, -0.2) is 13.1 Å². The van der Waals surface area contributed by atoms with Gasteiger partial charge in [0.25, 0.3) is 0 Å². The smallest absolute Gasteiger partial charge is 0.215 e. The van der Waals surface area contributed by atoms with E-state index in [4.69, 9.17) is 4.74 Å². The van der Waals surface area contributed by atoms with Gasteiger partial charge in [-0.1, -0.05) is 42.0 Å². The fourth-order valence-corrected chi connectivity index (χ4v) is 3.30. The third kappa shape index (κ3) is 5.69. The van der Waals surface area contributed by atoms with Gasteiger partial charge in [0.1, 0.15) is 12.4 Å².